The van der Waals surface area contributed by atoms with Gasteiger partial charge >= 0.3 is 0 Å². The molecule has 0 heterocycles. The molecule has 4 aromatic carbocycles. The molecule has 9 heteroatoms. The maximum atomic E-state index is 13.4. The maximum absolute atomic E-state index is 13.4. The molecular weight excluding hydrogens is 492 g/mol. The summed E-state index contributed by atoms with van der Waals surface area (Å²) in [6, 6.07) is 15.3. The number of nitrogens with two attached hydrogens (primary N) is 2. The zero-order valence-corrected chi connectivity index (χ0v) is 21.7. The Labute approximate surface area is 215 Å². The summed E-state index contributed by atoms with van der Waals surface area (Å²) in [4.78, 5) is 0.225. The normalized spacial score (nSPS) is 11.4. The van der Waals surface area contributed by atoms with E-state index in [1.807, 2.05) is 6.92 Å². The Hall–Kier alpha value is -4.37. The van der Waals surface area contributed by atoms with Crippen LogP contribution in [0.5, 0.6) is 34.5 Å². The predicted octanol–water partition coefficient (Wildman–Crippen LogP) is 5.91. The SMILES string of the molecule is Cc1cc(S(=O)(=O)c2ccc(Oc3c(C)cc(N)c(O)c3C)cc2)cc(C)c1Oc1ccc(N)c(O)c1. The monoisotopic (exact) mass is 520 g/mol. The van der Waals surface area contributed by atoms with Crippen LogP contribution in [0.1, 0.15) is 22.3 Å². The fourth-order valence-electron chi connectivity index (χ4n) is 4.02. The van der Waals surface area contributed by atoms with Crippen LogP contribution in [0.25, 0.3) is 0 Å². The predicted molar refractivity (Wildman–Crippen MR) is 142 cm³/mol. The molecule has 0 aliphatic rings. The van der Waals surface area contributed by atoms with Crippen molar-refractivity contribution in [1.29, 1.82) is 0 Å². The highest BCUT2D eigenvalue weighted by Crippen LogP contribution is 2.39. The number of phenols is 2. The van der Waals surface area contributed by atoms with Gasteiger partial charge in [0.2, 0.25) is 9.84 Å². The van der Waals surface area contributed by atoms with E-state index < -0.39 is 9.84 Å². The molecule has 0 atom stereocenters. The first-order valence-corrected chi connectivity index (χ1v) is 12.9. The van der Waals surface area contributed by atoms with Gasteiger partial charge in [0.05, 0.1) is 21.2 Å². The van der Waals surface area contributed by atoms with E-state index in [9.17, 15) is 18.6 Å². The summed E-state index contributed by atoms with van der Waals surface area (Å²) < 4.78 is 38.6. The first kappa shape index (κ1) is 25.7. The number of ether oxygens (including phenoxy) is 2. The summed E-state index contributed by atoms with van der Waals surface area (Å²) in [7, 11) is -3.83. The Bertz CT molecular complexity index is 1590. The molecule has 4 aromatic rings. The van der Waals surface area contributed by atoms with Crippen molar-refractivity contribution in [1.82, 2.24) is 0 Å². The molecular formula is C28H28N2O6S. The second-order valence-corrected chi connectivity index (χ2v) is 10.8. The Morgan fingerprint density at radius 3 is 1.78 bits per heavy atom. The highest BCUT2D eigenvalue weighted by atomic mass is 32.2. The first-order chi connectivity index (χ1) is 17.4. The molecule has 0 amide bonds. The Kier molecular flexibility index (Phi) is 6.66. The molecule has 0 spiro atoms. The van der Waals surface area contributed by atoms with Crippen LogP contribution in [0, 0.1) is 27.7 Å². The molecule has 8 nitrogen and oxygen atoms in total. The highest BCUT2D eigenvalue weighted by Gasteiger charge is 2.21. The average molecular weight is 521 g/mol. The molecule has 192 valence electrons. The van der Waals surface area contributed by atoms with Crippen LogP contribution in [0.4, 0.5) is 11.4 Å². The fraction of sp³-hybridized carbons (Fsp3) is 0.143. The molecule has 0 saturated heterocycles. The number of phenolic OH excluding ortho intramolecular Hbond substituents is 2. The number of sulfone groups is 1. The smallest absolute Gasteiger partial charge is 0.206 e. The third-order valence-corrected chi connectivity index (χ3v) is 7.77. The maximum Gasteiger partial charge on any atom is 0.206 e. The summed E-state index contributed by atoms with van der Waals surface area (Å²) in [5.41, 5.74) is 14.4. The van der Waals surface area contributed by atoms with Gasteiger partial charge in [-0.3, -0.25) is 0 Å². The van der Waals surface area contributed by atoms with Crippen molar-refractivity contribution in [2.24, 2.45) is 0 Å². The van der Waals surface area contributed by atoms with Gasteiger partial charge in [-0.05, 0) is 99.0 Å². The number of aryl methyl sites for hydroxylation is 3. The van der Waals surface area contributed by atoms with Crippen LogP contribution in [-0.4, -0.2) is 18.6 Å². The average Bonchev–Trinajstić information content (AvgIpc) is 2.85. The van der Waals surface area contributed by atoms with Crippen molar-refractivity contribution < 1.29 is 28.1 Å². The van der Waals surface area contributed by atoms with E-state index in [4.69, 9.17) is 20.9 Å². The fourth-order valence-corrected chi connectivity index (χ4v) is 5.45. The molecule has 0 bridgehead atoms. The van der Waals surface area contributed by atoms with Gasteiger partial charge in [0.1, 0.15) is 34.5 Å². The van der Waals surface area contributed by atoms with Gasteiger partial charge in [0.25, 0.3) is 0 Å². The van der Waals surface area contributed by atoms with Crippen molar-refractivity contribution in [3.05, 3.63) is 82.9 Å². The lowest BCUT2D eigenvalue weighted by atomic mass is 10.1. The van der Waals surface area contributed by atoms with Crippen LogP contribution in [0.2, 0.25) is 0 Å². The Morgan fingerprint density at radius 1 is 0.649 bits per heavy atom. The van der Waals surface area contributed by atoms with Crippen LogP contribution in [0.15, 0.2) is 70.5 Å². The largest absolute Gasteiger partial charge is 0.506 e. The highest BCUT2D eigenvalue weighted by molar-refractivity contribution is 7.91. The minimum atomic E-state index is -3.83. The Balaban J connectivity index is 1.60. The van der Waals surface area contributed by atoms with Gasteiger partial charge in [-0.15, -0.1) is 0 Å². The van der Waals surface area contributed by atoms with E-state index in [0.29, 0.717) is 39.7 Å². The summed E-state index contributed by atoms with van der Waals surface area (Å²) in [6.45, 7) is 7.01. The first-order valence-electron chi connectivity index (χ1n) is 11.4. The van der Waals surface area contributed by atoms with Gasteiger partial charge in [-0.25, -0.2) is 8.42 Å². The molecule has 0 unspecified atom stereocenters. The topological polar surface area (TPSA) is 145 Å². The van der Waals surface area contributed by atoms with Crippen LogP contribution in [0.3, 0.4) is 0 Å². The third-order valence-electron chi connectivity index (χ3n) is 6.02. The number of benzene rings is 4. The summed E-state index contributed by atoms with van der Waals surface area (Å²) in [6.07, 6.45) is 0. The summed E-state index contributed by atoms with van der Waals surface area (Å²) >= 11 is 0. The number of aromatic hydroxyl groups is 2. The van der Waals surface area contributed by atoms with Crippen molar-refractivity contribution >= 4 is 21.2 Å². The van der Waals surface area contributed by atoms with Crippen molar-refractivity contribution in [2.75, 3.05) is 11.5 Å². The van der Waals surface area contributed by atoms with Gasteiger partial charge in [-0.1, -0.05) is 0 Å². The van der Waals surface area contributed by atoms with Gasteiger partial charge in [0.15, 0.2) is 0 Å². The zero-order chi connectivity index (χ0) is 27.1. The van der Waals surface area contributed by atoms with Crippen molar-refractivity contribution in [3.63, 3.8) is 0 Å². The van der Waals surface area contributed by atoms with Crippen LogP contribution >= 0.6 is 0 Å². The summed E-state index contributed by atoms with van der Waals surface area (Å²) in [5, 5.41) is 20.0. The van der Waals surface area contributed by atoms with E-state index in [2.05, 4.69) is 0 Å². The molecule has 6 N–H and O–H groups in total. The lowest BCUT2D eigenvalue weighted by Gasteiger charge is -2.16. The lowest BCUT2D eigenvalue weighted by Crippen LogP contribution is -2.04. The van der Waals surface area contributed by atoms with Gasteiger partial charge < -0.3 is 31.2 Å². The van der Waals surface area contributed by atoms with E-state index in [0.717, 1.165) is 5.56 Å². The van der Waals surface area contributed by atoms with E-state index in [1.165, 1.54) is 24.3 Å². The number of anilines is 2. The number of nitrogen functional groups attached to an aromatic ring is 2. The number of rotatable bonds is 6. The standard InChI is InChI=1S/C28H28N2O6S/c1-15-11-22(12-16(2)27(15)36-20-7-10-23(29)25(31)14-20)37(33,34)21-8-5-19(6-9-21)35-28-17(3)13-24(30)26(32)18(28)4/h5-14,31-32H,29-30H2,1-4H3. The molecule has 0 aliphatic heterocycles. The second kappa shape index (κ2) is 9.59. The van der Waals surface area contributed by atoms with E-state index >= 15 is 0 Å². The molecule has 0 aromatic heterocycles. The third kappa shape index (κ3) is 4.99. The lowest BCUT2D eigenvalue weighted by molar-refractivity contribution is 0.447. The Morgan fingerprint density at radius 2 is 1.19 bits per heavy atom. The quantitative estimate of drug-likeness (QED) is 0.181. The molecule has 0 saturated carbocycles. The number of hydrogen-bond acceptors (Lipinski definition) is 8. The number of hydrogen-bond donors (Lipinski definition) is 4. The van der Waals surface area contributed by atoms with Gasteiger partial charge in [0, 0.05) is 11.6 Å². The zero-order valence-electron chi connectivity index (χ0n) is 20.9. The van der Waals surface area contributed by atoms with Crippen LogP contribution < -0.4 is 20.9 Å². The van der Waals surface area contributed by atoms with Crippen molar-refractivity contribution in [3.8, 4) is 34.5 Å². The minimum Gasteiger partial charge on any atom is -0.506 e. The van der Waals surface area contributed by atoms with E-state index in [1.54, 1.807) is 57.2 Å². The molecule has 0 fully saturated rings. The second-order valence-electron chi connectivity index (χ2n) is 8.87. The van der Waals surface area contributed by atoms with Crippen molar-refractivity contribution in [2.45, 2.75) is 37.5 Å². The molecule has 37 heavy (non-hydrogen) atoms. The molecule has 0 radical (unpaired) electrons. The van der Waals surface area contributed by atoms with Crippen LogP contribution in [-0.2, 0) is 9.84 Å². The molecule has 0 aliphatic carbocycles. The molecule has 4 rings (SSSR count). The minimum absolute atomic E-state index is 0.0499. The van der Waals surface area contributed by atoms with Gasteiger partial charge in [-0.2, -0.15) is 0 Å². The summed E-state index contributed by atoms with van der Waals surface area (Å²) in [5.74, 6) is 1.59. The van der Waals surface area contributed by atoms with E-state index in [-0.39, 0.29) is 32.7 Å².